The van der Waals surface area contributed by atoms with Gasteiger partial charge in [-0.15, -0.1) is 0 Å². The minimum Gasteiger partial charge on any atom is -0.325 e. The molecule has 5 aromatic rings. The number of imidazole rings is 1. The van der Waals surface area contributed by atoms with Crippen LogP contribution in [-0.4, -0.2) is 14.9 Å². The molecule has 2 aromatic heterocycles. The third-order valence-corrected chi connectivity index (χ3v) is 7.33. The molecule has 4 nitrogen and oxygen atoms in total. The molecule has 0 unspecified atom stereocenters. The van der Waals surface area contributed by atoms with E-state index in [4.69, 9.17) is 23.2 Å². The molecular formula is C29H22Cl2FN3O. The first-order chi connectivity index (χ1) is 17.5. The van der Waals surface area contributed by atoms with E-state index in [0.29, 0.717) is 21.4 Å². The third kappa shape index (κ3) is 3.89. The van der Waals surface area contributed by atoms with Gasteiger partial charge < -0.3 is 9.88 Å². The van der Waals surface area contributed by atoms with Crippen LogP contribution in [0.2, 0.25) is 10.0 Å². The van der Waals surface area contributed by atoms with E-state index in [9.17, 15) is 9.18 Å². The highest BCUT2D eigenvalue weighted by Gasteiger charge is 2.29. The standard InChI is InChI=1S/C29H22Cl2FN3O/c30-20-12-8-18(9-13-20)25-17-35-27(28(36)33-24-7-2-1-6-23(24)31)26(19-10-14-21(32)15-11-19)22-5-3-4-16-34(25)29(22)35/h1-2,6-15,17H,3-5,16H2,(H,33,36). The van der Waals surface area contributed by atoms with Crippen LogP contribution in [-0.2, 0) is 13.0 Å². The largest absolute Gasteiger partial charge is 0.325 e. The summed E-state index contributed by atoms with van der Waals surface area (Å²) >= 11 is 12.5. The zero-order valence-electron chi connectivity index (χ0n) is 19.3. The number of rotatable bonds is 4. The number of hydrogen-bond donors (Lipinski definition) is 1. The van der Waals surface area contributed by atoms with Gasteiger partial charge in [-0.25, -0.2) is 4.39 Å². The molecule has 6 rings (SSSR count). The van der Waals surface area contributed by atoms with E-state index in [-0.39, 0.29) is 11.7 Å². The Morgan fingerprint density at radius 2 is 1.61 bits per heavy atom. The molecule has 0 aliphatic carbocycles. The van der Waals surface area contributed by atoms with E-state index in [1.54, 1.807) is 24.3 Å². The highest BCUT2D eigenvalue weighted by atomic mass is 35.5. The van der Waals surface area contributed by atoms with Crippen molar-refractivity contribution in [3.8, 4) is 22.4 Å². The van der Waals surface area contributed by atoms with Crippen LogP contribution >= 0.6 is 23.2 Å². The molecule has 1 amide bonds. The molecule has 3 heterocycles. The van der Waals surface area contributed by atoms with Crippen LogP contribution in [0.25, 0.3) is 28.0 Å². The lowest BCUT2D eigenvalue weighted by atomic mass is 9.97. The Kier molecular flexibility index (Phi) is 5.82. The van der Waals surface area contributed by atoms with Gasteiger partial charge in [0.05, 0.1) is 16.4 Å². The molecular weight excluding hydrogens is 496 g/mol. The Morgan fingerprint density at radius 3 is 2.36 bits per heavy atom. The molecule has 0 atom stereocenters. The predicted molar refractivity (Wildman–Crippen MR) is 144 cm³/mol. The highest BCUT2D eigenvalue weighted by molar-refractivity contribution is 6.34. The normalized spacial score (nSPS) is 13.1. The summed E-state index contributed by atoms with van der Waals surface area (Å²) in [5.41, 5.74) is 6.79. The topological polar surface area (TPSA) is 38.4 Å². The summed E-state index contributed by atoms with van der Waals surface area (Å²) in [6, 6.07) is 21.2. The van der Waals surface area contributed by atoms with Crippen molar-refractivity contribution in [3.63, 3.8) is 0 Å². The number of carbonyl (C=O) groups is 1. The van der Waals surface area contributed by atoms with Crippen molar-refractivity contribution in [1.82, 2.24) is 8.97 Å². The molecule has 180 valence electrons. The number of para-hydroxylation sites is 1. The van der Waals surface area contributed by atoms with Crippen molar-refractivity contribution < 1.29 is 9.18 Å². The zero-order valence-corrected chi connectivity index (χ0v) is 20.8. The van der Waals surface area contributed by atoms with Gasteiger partial charge in [-0.05, 0) is 66.8 Å². The van der Waals surface area contributed by atoms with Crippen molar-refractivity contribution >= 4 is 40.4 Å². The minimum atomic E-state index is -0.315. The second-order valence-electron chi connectivity index (χ2n) is 8.97. The van der Waals surface area contributed by atoms with Gasteiger partial charge >= 0.3 is 0 Å². The van der Waals surface area contributed by atoms with Gasteiger partial charge in [0.15, 0.2) is 0 Å². The predicted octanol–water partition coefficient (Wildman–Crippen LogP) is 8.11. The van der Waals surface area contributed by atoms with Gasteiger partial charge in [-0.2, -0.15) is 0 Å². The Morgan fingerprint density at radius 1 is 0.889 bits per heavy atom. The highest BCUT2D eigenvalue weighted by Crippen LogP contribution is 2.40. The number of aromatic nitrogens is 2. The number of nitrogens with zero attached hydrogens (tertiary/aromatic N) is 2. The van der Waals surface area contributed by atoms with Crippen LogP contribution in [0.5, 0.6) is 0 Å². The number of hydrogen-bond acceptors (Lipinski definition) is 1. The van der Waals surface area contributed by atoms with E-state index >= 15 is 0 Å². The lowest BCUT2D eigenvalue weighted by molar-refractivity contribution is 0.102. The summed E-state index contributed by atoms with van der Waals surface area (Å²) in [6.45, 7) is 0.833. The number of aryl methyl sites for hydroxylation is 2. The quantitative estimate of drug-likeness (QED) is 0.257. The monoisotopic (exact) mass is 517 g/mol. The smallest absolute Gasteiger partial charge is 0.273 e. The number of halogens is 3. The Hall–Kier alpha value is -3.54. The summed E-state index contributed by atoms with van der Waals surface area (Å²) in [5.74, 6) is -0.589. The molecule has 1 aliphatic heterocycles. The van der Waals surface area contributed by atoms with Crippen LogP contribution in [0.3, 0.4) is 0 Å². The van der Waals surface area contributed by atoms with Crippen molar-refractivity contribution in [1.29, 1.82) is 0 Å². The maximum absolute atomic E-state index is 13.9. The van der Waals surface area contributed by atoms with E-state index in [2.05, 4.69) is 9.88 Å². The third-order valence-electron chi connectivity index (χ3n) is 6.74. The van der Waals surface area contributed by atoms with Gasteiger partial charge in [0, 0.05) is 28.9 Å². The average molecular weight is 518 g/mol. The fourth-order valence-corrected chi connectivity index (χ4v) is 5.44. The number of carbonyl (C=O) groups excluding carboxylic acids is 1. The first-order valence-corrected chi connectivity index (χ1v) is 12.6. The second-order valence-corrected chi connectivity index (χ2v) is 9.81. The van der Waals surface area contributed by atoms with Crippen molar-refractivity contribution in [2.75, 3.05) is 5.32 Å². The van der Waals surface area contributed by atoms with Crippen LogP contribution < -0.4 is 5.32 Å². The van der Waals surface area contributed by atoms with Crippen LogP contribution in [0.15, 0.2) is 79.0 Å². The molecule has 3 aromatic carbocycles. The average Bonchev–Trinajstić information content (AvgIpc) is 3.29. The van der Waals surface area contributed by atoms with Crippen LogP contribution in [0.4, 0.5) is 10.1 Å². The summed E-state index contributed by atoms with van der Waals surface area (Å²) in [6.07, 6.45) is 4.84. The number of nitrogens with one attached hydrogen (secondary N) is 1. The van der Waals surface area contributed by atoms with E-state index < -0.39 is 0 Å². The van der Waals surface area contributed by atoms with Crippen molar-refractivity contribution in [2.24, 2.45) is 0 Å². The van der Waals surface area contributed by atoms with Gasteiger partial charge in [-0.3, -0.25) is 9.20 Å². The summed E-state index contributed by atoms with van der Waals surface area (Å²) in [4.78, 5) is 13.9. The molecule has 0 saturated carbocycles. The first-order valence-electron chi connectivity index (χ1n) is 11.9. The van der Waals surface area contributed by atoms with Crippen LogP contribution in [0.1, 0.15) is 28.9 Å². The molecule has 0 fully saturated rings. The van der Waals surface area contributed by atoms with E-state index in [1.807, 2.05) is 47.0 Å². The van der Waals surface area contributed by atoms with Gasteiger partial charge in [0.1, 0.15) is 17.2 Å². The number of anilines is 1. The molecule has 0 saturated heterocycles. The molecule has 7 heteroatoms. The molecule has 1 N–H and O–H groups in total. The lowest BCUT2D eigenvalue weighted by Gasteiger charge is -2.11. The summed E-state index contributed by atoms with van der Waals surface area (Å²) in [5, 5.41) is 4.13. The fourth-order valence-electron chi connectivity index (χ4n) is 5.13. The fraction of sp³-hybridized carbons (Fsp3) is 0.138. The maximum Gasteiger partial charge on any atom is 0.273 e. The molecule has 0 radical (unpaired) electrons. The second kappa shape index (κ2) is 9.16. The number of amides is 1. The first kappa shape index (κ1) is 22.9. The van der Waals surface area contributed by atoms with Crippen LogP contribution in [0, 0.1) is 5.82 Å². The summed E-state index contributed by atoms with van der Waals surface area (Å²) in [7, 11) is 0. The summed E-state index contributed by atoms with van der Waals surface area (Å²) < 4.78 is 18.1. The Bertz CT molecular complexity index is 1600. The lowest BCUT2D eigenvalue weighted by Crippen LogP contribution is -2.15. The Labute approximate surface area is 217 Å². The molecule has 0 bridgehead atoms. The molecule has 1 aliphatic rings. The SMILES string of the molecule is O=C(Nc1ccccc1Cl)c1c(-c2ccc(F)cc2)c2c3n(c(-c4ccc(Cl)cc4)cn13)CCCC2. The van der Waals surface area contributed by atoms with Crippen molar-refractivity contribution in [2.45, 2.75) is 25.8 Å². The Balaban J connectivity index is 1.62. The molecule has 0 spiro atoms. The van der Waals surface area contributed by atoms with Gasteiger partial charge in [0.2, 0.25) is 0 Å². The van der Waals surface area contributed by atoms with Gasteiger partial charge in [0.25, 0.3) is 5.91 Å². The van der Waals surface area contributed by atoms with Crippen molar-refractivity contribution in [3.05, 3.63) is 106 Å². The zero-order chi connectivity index (χ0) is 24.8. The number of benzene rings is 3. The van der Waals surface area contributed by atoms with E-state index in [1.165, 1.54) is 12.1 Å². The minimum absolute atomic E-state index is 0.274. The van der Waals surface area contributed by atoms with Gasteiger partial charge in [-0.1, -0.05) is 59.6 Å². The van der Waals surface area contributed by atoms with E-state index in [0.717, 1.165) is 59.4 Å². The maximum atomic E-state index is 13.9. The molecule has 36 heavy (non-hydrogen) atoms.